The number of ether oxygens (including phenoxy) is 5. The van der Waals surface area contributed by atoms with Crippen molar-refractivity contribution in [1.29, 1.82) is 0 Å². The van der Waals surface area contributed by atoms with Crippen LogP contribution >= 0.6 is 0 Å². The number of hydrogen-bond acceptors (Lipinski definition) is 14. The summed E-state index contributed by atoms with van der Waals surface area (Å²) in [6.45, 7) is 47.7. The second-order valence-corrected chi connectivity index (χ2v) is 37.2. The van der Waals surface area contributed by atoms with Crippen LogP contribution in [0.25, 0.3) is 0 Å². The largest absolute Gasteiger partial charge is 0.390 e. The van der Waals surface area contributed by atoms with Gasteiger partial charge in [-0.15, -0.1) is 0 Å². The number of aliphatic hydroxyl groups excluding tert-OH is 1. The molecule has 0 aromatic rings. The summed E-state index contributed by atoms with van der Waals surface area (Å²) in [6.07, 6.45) is 42.3. The molecule has 4 heterocycles. The van der Waals surface area contributed by atoms with E-state index in [0.29, 0.717) is 90.8 Å². The van der Waals surface area contributed by atoms with Crippen LogP contribution in [0.3, 0.4) is 0 Å². The van der Waals surface area contributed by atoms with Gasteiger partial charge in [-0.3, -0.25) is 19.2 Å². The van der Waals surface area contributed by atoms with Crippen molar-refractivity contribution in [3.8, 4) is 0 Å². The van der Waals surface area contributed by atoms with E-state index >= 15 is 0 Å². The second-order valence-electron chi connectivity index (χ2n) is 37.2. The SMILES string of the molecule is C/C=C(\C)C1C(/C=C/C=C(\C)C(=O)CC)C2CCC(C)(O)CC2C2OC21C.C/C=C(\C)C1C(/C=C/C=C(\C)C(C)=O)C2CC(O)C(C)(O)CC2C2OC21C.C/C=C(\C)C1C(/C=C/C=C(\C)C(C)=O)C2CC(OC)C(C)(O)CC2C2OC21C.C/C=C(\C)C1C(/C=C/C=C(\C)C(C)=O)C2CCC(C)(O)CC2C2OC21C. The quantitative estimate of drug-likeness (QED) is 0.0372. The lowest BCUT2D eigenvalue weighted by molar-refractivity contribution is -0.145. The molecule has 0 bridgehead atoms. The van der Waals surface area contributed by atoms with Crippen LogP contribution in [0.2, 0.25) is 0 Å². The first-order valence-electron chi connectivity index (χ1n) is 41.1. The molecule has 8 saturated carbocycles. The van der Waals surface area contributed by atoms with Gasteiger partial charge in [0, 0.05) is 37.2 Å². The molecule has 12 aliphatic rings. The van der Waals surface area contributed by atoms with E-state index in [9.17, 15) is 44.7 Å². The number of fused-ring (bicyclic) bond motifs is 12. The fourth-order valence-electron chi connectivity index (χ4n) is 22.6. The van der Waals surface area contributed by atoms with Crippen molar-refractivity contribution in [3.63, 3.8) is 0 Å². The topological polar surface area (TPSA) is 229 Å². The molecule has 0 aromatic carbocycles. The number of epoxide rings is 4. The molecule has 108 heavy (non-hydrogen) atoms. The van der Waals surface area contributed by atoms with E-state index in [1.54, 1.807) is 34.8 Å². The summed E-state index contributed by atoms with van der Waals surface area (Å²) in [5.74, 6) is 6.08. The Morgan fingerprint density at radius 3 is 0.963 bits per heavy atom. The van der Waals surface area contributed by atoms with Crippen molar-refractivity contribution in [2.75, 3.05) is 7.11 Å². The van der Waals surface area contributed by atoms with Gasteiger partial charge in [0.25, 0.3) is 0 Å². The van der Waals surface area contributed by atoms with Crippen molar-refractivity contribution < 1.29 is 68.4 Å². The van der Waals surface area contributed by atoms with Gasteiger partial charge >= 0.3 is 0 Å². The van der Waals surface area contributed by atoms with Gasteiger partial charge in [-0.1, -0.05) is 126 Å². The number of rotatable bonds is 18. The normalized spacial score (nSPS) is 46.2. The first-order valence-corrected chi connectivity index (χ1v) is 41.1. The summed E-state index contributed by atoms with van der Waals surface area (Å²) >= 11 is 0. The average molecular weight is 1490 g/mol. The van der Waals surface area contributed by atoms with Crippen LogP contribution in [0.15, 0.2) is 142 Å². The first kappa shape index (κ1) is 87.1. The molecule has 4 saturated heterocycles. The molecule has 0 radical (unpaired) electrons. The monoisotopic (exact) mass is 1490 g/mol. The highest BCUT2D eigenvalue weighted by Gasteiger charge is 2.74. The van der Waals surface area contributed by atoms with Gasteiger partial charge in [0.1, 0.15) is 0 Å². The van der Waals surface area contributed by atoms with E-state index in [1.165, 1.54) is 22.3 Å². The lowest BCUT2D eigenvalue weighted by atomic mass is 9.54. The number of hydrogen-bond donors (Lipinski definition) is 5. The highest BCUT2D eigenvalue weighted by Crippen LogP contribution is 2.68. The average Bonchev–Trinajstić information content (AvgIpc) is 1.55. The van der Waals surface area contributed by atoms with Crippen LogP contribution in [0.1, 0.15) is 237 Å². The van der Waals surface area contributed by atoms with E-state index in [2.05, 4.69) is 144 Å². The third-order valence-corrected chi connectivity index (χ3v) is 29.6. The number of carbonyl (C=O) groups excluding carboxylic acids is 4. The Bertz CT molecular complexity index is 3720. The Labute approximate surface area is 650 Å². The van der Waals surface area contributed by atoms with Gasteiger partial charge in [-0.2, -0.15) is 0 Å². The summed E-state index contributed by atoms with van der Waals surface area (Å²) in [6, 6.07) is 0. The van der Waals surface area contributed by atoms with Crippen LogP contribution in [0, 0.1) is 94.7 Å². The Balaban J connectivity index is 0.000000166. The summed E-state index contributed by atoms with van der Waals surface area (Å²) in [5, 5.41) is 53.4. The number of aliphatic hydroxyl groups is 5. The zero-order valence-corrected chi connectivity index (χ0v) is 70.6. The van der Waals surface area contributed by atoms with Crippen LogP contribution < -0.4 is 0 Å². The maximum Gasteiger partial charge on any atom is 0.158 e. The third-order valence-electron chi connectivity index (χ3n) is 29.6. The molecule has 0 spiro atoms. The zero-order valence-electron chi connectivity index (χ0n) is 70.6. The number of allylic oxidation sites excluding steroid dienone is 20. The maximum atomic E-state index is 11.9. The van der Waals surface area contributed by atoms with Crippen LogP contribution in [-0.4, -0.2) is 137 Å². The molecular formula is C94H140O14. The van der Waals surface area contributed by atoms with E-state index in [1.807, 2.05) is 91.8 Å². The van der Waals surface area contributed by atoms with Gasteiger partial charge < -0.3 is 49.2 Å². The lowest BCUT2D eigenvalue weighted by Crippen LogP contribution is -2.56. The van der Waals surface area contributed by atoms with Crippen molar-refractivity contribution >= 4 is 23.1 Å². The van der Waals surface area contributed by atoms with Crippen molar-refractivity contribution in [3.05, 3.63) is 142 Å². The van der Waals surface area contributed by atoms with Gasteiger partial charge in [0.05, 0.1) is 81.4 Å². The zero-order chi connectivity index (χ0) is 80.3. The molecule has 600 valence electrons. The van der Waals surface area contributed by atoms with Gasteiger partial charge in [-0.25, -0.2) is 0 Å². The van der Waals surface area contributed by atoms with E-state index in [0.717, 1.165) is 67.2 Å². The minimum atomic E-state index is -1.06. The molecule has 12 fully saturated rings. The Kier molecular flexibility index (Phi) is 26.9. The number of Topliss-reactive ketones (excluding diaryl/α,β-unsaturated/α-hetero) is 4. The van der Waals surface area contributed by atoms with E-state index in [4.69, 9.17) is 23.7 Å². The molecule has 14 nitrogen and oxygen atoms in total. The molecule has 4 aliphatic heterocycles. The molecule has 0 amide bonds. The number of ketones is 4. The van der Waals surface area contributed by atoms with E-state index in [-0.39, 0.29) is 106 Å². The van der Waals surface area contributed by atoms with Crippen molar-refractivity contribution in [2.45, 2.75) is 318 Å². The predicted octanol–water partition coefficient (Wildman–Crippen LogP) is 17.4. The van der Waals surface area contributed by atoms with Crippen molar-refractivity contribution in [1.82, 2.24) is 0 Å². The third kappa shape index (κ3) is 17.7. The minimum absolute atomic E-state index is 0.0732. The van der Waals surface area contributed by atoms with E-state index < -0.39 is 28.5 Å². The van der Waals surface area contributed by atoms with Gasteiger partial charge in [0.15, 0.2) is 23.1 Å². The second kappa shape index (κ2) is 33.3. The fourth-order valence-corrected chi connectivity index (χ4v) is 22.6. The molecule has 8 aliphatic carbocycles. The number of carbonyl (C=O) groups is 4. The molecule has 5 N–H and O–H groups in total. The maximum absolute atomic E-state index is 11.9. The van der Waals surface area contributed by atoms with Crippen LogP contribution in [0.4, 0.5) is 0 Å². The highest BCUT2D eigenvalue weighted by atomic mass is 16.6. The predicted molar refractivity (Wildman–Crippen MR) is 431 cm³/mol. The Morgan fingerprint density at radius 2 is 0.676 bits per heavy atom. The van der Waals surface area contributed by atoms with Crippen LogP contribution in [-0.2, 0) is 42.9 Å². The van der Waals surface area contributed by atoms with Crippen molar-refractivity contribution in [2.24, 2.45) is 94.7 Å². The lowest BCUT2D eigenvalue weighted by Gasteiger charge is -2.51. The summed E-state index contributed by atoms with van der Waals surface area (Å²) in [4.78, 5) is 46.4. The van der Waals surface area contributed by atoms with Crippen LogP contribution in [0.5, 0.6) is 0 Å². The fraction of sp³-hybridized carbons (Fsp3) is 0.702. The molecule has 30 atom stereocenters. The molecule has 12 rings (SSSR count). The minimum Gasteiger partial charge on any atom is -0.390 e. The Hall–Kier alpha value is -4.84. The Morgan fingerprint density at radius 1 is 0.398 bits per heavy atom. The van der Waals surface area contributed by atoms with Gasteiger partial charge in [-0.05, 0) is 317 Å². The summed E-state index contributed by atoms with van der Waals surface area (Å²) < 4.78 is 30.9. The summed E-state index contributed by atoms with van der Waals surface area (Å²) in [7, 11) is 1.69. The van der Waals surface area contributed by atoms with Gasteiger partial charge in [0.2, 0.25) is 0 Å². The molecule has 30 unspecified atom stereocenters. The standard InChI is InChI=1S/C24H36O4.C24H36O3.C23H34O4.C23H34O3/c1-8-14(2)21-17(11-9-10-15(3)16(4)25)18-12-20(27-7)23(5,26)13-19(18)22-24(21,6)28-22;1-7-15(3)21-18(11-9-10-16(4)20(25)8-2)17-12-13-23(5,26)14-19(17)22-24(21,6)27-22;1-7-13(2)20-16(10-8-9-14(3)15(4)24)17-11-19(25)22(5,26)12-18(17)21-23(20,6)27-21;1-7-14(2)20-18(10-8-9-15(3)16(4)24)17-11-12-22(5,25)13-19(17)21-23(20,6)26-21/h8-11,17-22,26H,12-13H2,1-7H3;7,9-11,17-19,21-22,26H,8,12-14H2,1-6H3;7-10,16-21,25-26H,11-12H2,1-6H3;7-10,17-21,25H,11-13H2,1-6H3/b11-9+,14-8+,15-10+;11-9+,15-7+,16-10+;10-8+,13-7+,14-9+;10-8+,14-7+,15-9+. The molecular weight excluding hydrogens is 1350 g/mol. The molecule has 14 heteroatoms. The molecule has 0 aromatic heterocycles. The highest BCUT2D eigenvalue weighted by molar-refractivity contribution is 5.95. The summed E-state index contributed by atoms with van der Waals surface area (Å²) in [5.41, 5.74) is 4.82. The smallest absolute Gasteiger partial charge is 0.158 e. The number of methoxy groups -OCH3 is 1. The first-order chi connectivity index (χ1) is 50.3.